The average Bonchev–Trinajstić information content (AvgIpc) is 2.33. The molecule has 4 heteroatoms. The van der Waals surface area contributed by atoms with Crippen molar-refractivity contribution >= 4 is 15.9 Å². The number of piperidine rings is 1. The van der Waals surface area contributed by atoms with E-state index in [1.54, 1.807) is 12.1 Å². The predicted octanol–water partition coefficient (Wildman–Crippen LogP) is 3.74. The second-order valence-corrected chi connectivity index (χ2v) is 4.96. The van der Waals surface area contributed by atoms with Crippen molar-refractivity contribution in [3.05, 3.63) is 34.1 Å². The van der Waals surface area contributed by atoms with Gasteiger partial charge in [-0.05, 0) is 41.4 Å². The van der Waals surface area contributed by atoms with Gasteiger partial charge in [0, 0.05) is 11.6 Å². The molecule has 0 spiro atoms. The fourth-order valence-corrected chi connectivity index (χ4v) is 2.46. The van der Waals surface area contributed by atoms with Crippen molar-refractivity contribution in [3.63, 3.8) is 0 Å². The number of halogens is 3. The Balaban J connectivity index is 2.19. The van der Waals surface area contributed by atoms with Crippen LogP contribution in [0.15, 0.2) is 22.7 Å². The van der Waals surface area contributed by atoms with Gasteiger partial charge in [-0.25, -0.2) is 8.78 Å². The van der Waals surface area contributed by atoms with E-state index >= 15 is 0 Å². The maximum atomic E-state index is 14.1. The summed E-state index contributed by atoms with van der Waals surface area (Å²) in [7, 11) is 0. The van der Waals surface area contributed by atoms with Crippen LogP contribution in [-0.4, -0.2) is 12.6 Å². The van der Waals surface area contributed by atoms with E-state index in [0.29, 0.717) is 4.47 Å². The van der Waals surface area contributed by atoms with Crippen molar-refractivity contribution < 1.29 is 8.78 Å². The quantitative estimate of drug-likeness (QED) is 0.875. The monoisotopic (exact) mass is 289 g/mol. The van der Waals surface area contributed by atoms with Gasteiger partial charge in [-0.1, -0.05) is 18.6 Å². The second-order valence-electron chi connectivity index (χ2n) is 4.10. The van der Waals surface area contributed by atoms with E-state index < -0.39 is 12.0 Å². The van der Waals surface area contributed by atoms with Crippen molar-refractivity contribution in [1.82, 2.24) is 5.32 Å². The fourth-order valence-electron chi connectivity index (χ4n) is 2.08. The zero-order chi connectivity index (χ0) is 11.5. The lowest BCUT2D eigenvalue weighted by atomic mass is 9.96. The number of hydrogen-bond acceptors (Lipinski definition) is 1. The maximum Gasteiger partial charge on any atom is 0.143 e. The van der Waals surface area contributed by atoms with Gasteiger partial charge in [-0.2, -0.15) is 0 Å². The van der Waals surface area contributed by atoms with Crippen LogP contribution in [-0.2, 0) is 0 Å². The molecule has 2 unspecified atom stereocenters. The molecule has 0 aliphatic carbocycles. The molecule has 1 aliphatic heterocycles. The second kappa shape index (κ2) is 5.23. The topological polar surface area (TPSA) is 12.0 Å². The zero-order valence-electron chi connectivity index (χ0n) is 8.85. The van der Waals surface area contributed by atoms with Crippen molar-refractivity contribution in [2.75, 3.05) is 6.54 Å². The Bertz CT molecular complexity index is 364. The molecule has 2 rings (SSSR count). The number of alkyl halides is 1. The predicted molar refractivity (Wildman–Crippen MR) is 63.6 cm³/mol. The molecule has 0 bridgehead atoms. The van der Waals surface area contributed by atoms with E-state index in [1.807, 2.05) is 0 Å². The van der Waals surface area contributed by atoms with E-state index in [-0.39, 0.29) is 11.6 Å². The molecule has 1 saturated heterocycles. The molecule has 16 heavy (non-hydrogen) atoms. The molecule has 0 radical (unpaired) electrons. The van der Waals surface area contributed by atoms with Gasteiger partial charge < -0.3 is 5.32 Å². The molecule has 0 aromatic heterocycles. The molecule has 1 nitrogen and oxygen atoms in total. The third kappa shape index (κ3) is 2.43. The van der Waals surface area contributed by atoms with Gasteiger partial charge in [0.05, 0.1) is 4.47 Å². The molecule has 0 saturated carbocycles. The van der Waals surface area contributed by atoms with Gasteiger partial charge in [-0.3, -0.25) is 0 Å². The van der Waals surface area contributed by atoms with Gasteiger partial charge >= 0.3 is 0 Å². The van der Waals surface area contributed by atoms with Crippen LogP contribution in [0.25, 0.3) is 0 Å². The van der Waals surface area contributed by atoms with Crippen LogP contribution in [0.2, 0.25) is 0 Å². The highest BCUT2D eigenvalue weighted by molar-refractivity contribution is 9.10. The summed E-state index contributed by atoms with van der Waals surface area (Å²) in [5.41, 5.74) is 0.147. The highest BCUT2D eigenvalue weighted by Crippen LogP contribution is 2.31. The van der Waals surface area contributed by atoms with E-state index in [9.17, 15) is 8.78 Å². The first-order chi connectivity index (χ1) is 7.70. The smallest absolute Gasteiger partial charge is 0.143 e. The Hall–Kier alpha value is -0.480. The Labute approximate surface area is 102 Å². The van der Waals surface area contributed by atoms with Crippen molar-refractivity contribution in [2.24, 2.45) is 0 Å². The molecule has 1 aromatic rings. The number of rotatable bonds is 2. The largest absolute Gasteiger partial charge is 0.311 e. The van der Waals surface area contributed by atoms with Crippen LogP contribution in [0.4, 0.5) is 8.78 Å². The van der Waals surface area contributed by atoms with Gasteiger partial charge in [0.2, 0.25) is 0 Å². The summed E-state index contributed by atoms with van der Waals surface area (Å²) in [5.74, 6) is -0.484. The van der Waals surface area contributed by atoms with E-state index in [1.165, 1.54) is 6.07 Å². The molecule has 0 amide bonds. The van der Waals surface area contributed by atoms with Crippen molar-refractivity contribution in [3.8, 4) is 0 Å². The first-order valence-electron chi connectivity index (χ1n) is 5.51. The van der Waals surface area contributed by atoms with Gasteiger partial charge in [0.15, 0.2) is 0 Å². The van der Waals surface area contributed by atoms with Crippen LogP contribution in [0, 0.1) is 5.82 Å². The number of hydrogen-bond donors (Lipinski definition) is 1. The van der Waals surface area contributed by atoms with Crippen LogP contribution in [0.5, 0.6) is 0 Å². The zero-order valence-corrected chi connectivity index (χ0v) is 10.4. The summed E-state index contributed by atoms with van der Waals surface area (Å²) in [6, 6.07) is 4.51. The van der Waals surface area contributed by atoms with Crippen LogP contribution in [0.1, 0.15) is 31.0 Å². The summed E-state index contributed by atoms with van der Waals surface area (Å²) in [6.45, 7) is 0.820. The minimum atomic E-state index is -1.27. The maximum absolute atomic E-state index is 14.1. The average molecular weight is 290 g/mol. The molecular weight excluding hydrogens is 276 g/mol. The lowest BCUT2D eigenvalue weighted by Gasteiger charge is -2.27. The highest BCUT2D eigenvalue weighted by Gasteiger charge is 2.27. The lowest BCUT2D eigenvalue weighted by molar-refractivity contribution is 0.216. The number of nitrogens with one attached hydrogen (secondary N) is 1. The summed E-state index contributed by atoms with van der Waals surface area (Å²) >= 11 is 3.08. The fraction of sp³-hybridized carbons (Fsp3) is 0.500. The van der Waals surface area contributed by atoms with Crippen molar-refractivity contribution in [2.45, 2.75) is 31.5 Å². The van der Waals surface area contributed by atoms with E-state index in [0.717, 1.165) is 25.8 Å². The summed E-state index contributed by atoms with van der Waals surface area (Å²) < 4.78 is 28.2. The minimum Gasteiger partial charge on any atom is -0.311 e. The molecule has 1 N–H and O–H groups in total. The lowest BCUT2D eigenvalue weighted by Crippen LogP contribution is -2.37. The number of benzene rings is 1. The van der Waals surface area contributed by atoms with Crippen molar-refractivity contribution in [1.29, 1.82) is 0 Å². The van der Waals surface area contributed by atoms with Gasteiger partial charge in [0.25, 0.3) is 0 Å². The van der Waals surface area contributed by atoms with Crippen LogP contribution >= 0.6 is 15.9 Å². The van der Waals surface area contributed by atoms with Gasteiger partial charge in [0.1, 0.15) is 12.0 Å². The summed E-state index contributed by atoms with van der Waals surface area (Å²) in [6.07, 6.45) is 1.59. The van der Waals surface area contributed by atoms with Crippen LogP contribution < -0.4 is 5.32 Å². The summed E-state index contributed by atoms with van der Waals surface area (Å²) in [5, 5.41) is 3.11. The molecule has 88 valence electrons. The Morgan fingerprint density at radius 2 is 2.19 bits per heavy atom. The minimum absolute atomic E-state index is 0.147. The SMILES string of the molecule is Fc1c(Br)cccc1C(F)C1CCCCN1. The molecule has 1 heterocycles. The summed E-state index contributed by atoms with van der Waals surface area (Å²) in [4.78, 5) is 0. The molecule has 1 aromatic carbocycles. The standard InChI is InChI=1S/C12H14BrF2N/c13-9-5-3-4-8(11(9)14)12(15)10-6-1-2-7-16-10/h3-5,10,12,16H,1-2,6-7H2. The third-order valence-electron chi connectivity index (χ3n) is 2.98. The Morgan fingerprint density at radius 1 is 1.38 bits per heavy atom. The van der Waals surface area contributed by atoms with E-state index in [4.69, 9.17) is 0 Å². The molecular formula is C12H14BrF2N. The highest BCUT2D eigenvalue weighted by atomic mass is 79.9. The Morgan fingerprint density at radius 3 is 2.88 bits per heavy atom. The molecule has 1 fully saturated rings. The van der Waals surface area contributed by atoms with Gasteiger partial charge in [-0.15, -0.1) is 0 Å². The molecule has 2 atom stereocenters. The van der Waals surface area contributed by atoms with E-state index in [2.05, 4.69) is 21.2 Å². The normalized spacial score (nSPS) is 23.1. The van der Waals surface area contributed by atoms with Crippen LogP contribution in [0.3, 0.4) is 0 Å². The third-order valence-corrected chi connectivity index (χ3v) is 3.59. The molecule has 1 aliphatic rings. The Kier molecular flexibility index (Phi) is 3.92. The first-order valence-corrected chi connectivity index (χ1v) is 6.31. The first kappa shape index (κ1) is 12.0.